The van der Waals surface area contributed by atoms with Gasteiger partial charge in [0, 0.05) is 11.8 Å². The number of halogens is 1. The first-order valence-electron chi connectivity index (χ1n) is 9.07. The number of nitrogens with zero attached hydrogens (tertiary/aromatic N) is 2. The third kappa shape index (κ3) is 3.93. The predicted molar refractivity (Wildman–Crippen MR) is 113 cm³/mol. The van der Waals surface area contributed by atoms with Crippen molar-refractivity contribution < 1.29 is 22.3 Å². The van der Waals surface area contributed by atoms with Gasteiger partial charge >= 0.3 is 0 Å². The highest BCUT2D eigenvalue weighted by Crippen LogP contribution is 2.41. The smallest absolute Gasteiger partial charge is 0.164 e. The Kier molecular flexibility index (Phi) is 5.44. The molecule has 0 saturated carbocycles. The second kappa shape index (κ2) is 7.87. The molecule has 2 aromatic carbocycles. The van der Waals surface area contributed by atoms with Gasteiger partial charge in [0.05, 0.1) is 43.5 Å². The van der Waals surface area contributed by atoms with Gasteiger partial charge in [0.25, 0.3) is 0 Å². The molecule has 2 aromatic rings. The maximum atomic E-state index is 14.1. The first-order chi connectivity index (χ1) is 13.9. The zero-order chi connectivity index (χ0) is 20.6. The van der Waals surface area contributed by atoms with Gasteiger partial charge in [-0.05, 0) is 23.8 Å². The molecule has 154 valence electrons. The minimum absolute atomic E-state index is 0.0181. The molecule has 2 heterocycles. The van der Waals surface area contributed by atoms with Crippen molar-refractivity contribution in [1.29, 1.82) is 0 Å². The summed E-state index contributed by atoms with van der Waals surface area (Å²) in [6.45, 7) is 0. The molecule has 6 nitrogen and oxygen atoms in total. The van der Waals surface area contributed by atoms with Crippen molar-refractivity contribution in [1.82, 2.24) is 0 Å². The SMILES string of the molecule is COc1ccc(OC)c(N2C(SCc3ccccc3F)=N[C@@H]3CS(=O)(=O)C[C@H]32)c1. The first kappa shape index (κ1) is 20.0. The highest BCUT2D eigenvalue weighted by atomic mass is 32.2. The van der Waals surface area contributed by atoms with Crippen LogP contribution in [0, 0.1) is 5.82 Å². The number of ether oxygens (including phenoxy) is 2. The highest BCUT2D eigenvalue weighted by Gasteiger charge is 2.47. The summed E-state index contributed by atoms with van der Waals surface area (Å²) in [4.78, 5) is 6.59. The van der Waals surface area contributed by atoms with Gasteiger partial charge in [0.2, 0.25) is 0 Å². The van der Waals surface area contributed by atoms with Crippen LogP contribution >= 0.6 is 11.8 Å². The van der Waals surface area contributed by atoms with Crippen molar-refractivity contribution in [2.75, 3.05) is 30.6 Å². The lowest BCUT2D eigenvalue weighted by atomic mass is 10.1. The molecule has 0 amide bonds. The number of anilines is 1. The first-order valence-corrected chi connectivity index (χ1v) is 11.9. The van der Waals surface area contributed by atoms with E-state index in [0.29, 0.717) is 33.7 Å². The monoisotopic (exact) mass is 436 g/mol. The van der Waals surface area contributed by atoms with E-state index in [0.717, 1.165) is 0 Å². The van der Waals surface area contributed by atoms with Crippen LogP contribution in [-0.2, 0) is 15.6 Å². The van der Waals surface area contributed by atoms with Crippen molar-refractivity contribution in [3.05, 3.63) is 53.8 Å². The standard InChI is InChI=1S/C20H21FN2O4S2/c1-26-14-7-8-19(27-2)17(9-14)23-18-12-29(24,25)11-16(18)22-20(23)28-10-13-5-3-4-6-15(13)21/h3-9,16,18H,10-12H2,1-2H3/t16-,18-/m1/s1. The maximum absolute atomic E-state index is 14.1. The predicted octanol–water partition coefficient (Wildman–Crippen LogP) is 3.12. The number of methoxy groups -OCH3 is 2. The van der Waals surface area contributed by atoms with Gasteiger partial charge in [-0.15, -0.1) is 0 Å². The van der Waals surface area contributed by atoms with Crippen molar-refractivity contribution in [2.45, 2.75) is 17.8 Å². The number of fused-ring (bicyclic) bond motifs is 1. The van der Waals surface area contributed by atoms with Crippen molar-refractivity contribution in [3.63, 3.8) is 0 Å². The number of hydrogen-bond donors (Lipinski definition) is 0. The number of benzene rings is 2. The van der Waals surface area contributed by atoms with Crippen molar-refractivity contribution in [3.8, 4) is 11.5 Å². The number of rotatable bonds is 5. The minimum Gasteiger partial charge on any atom is -0.497 e. The second-order valence-electron chi connectivity index (χ2n) is 6.91. The van der Waals surface area contributed by atoms with E-state index in [1.807, 2.05) is 11.0 Å². The summed E-state index contributed by atoms with van der Waals surface area (Å²) in [6.07, 6.45) is 0. The van der Waals surface area contributed by atoms with Crippen molar-refractivity contribution in [2.24, 2.45) is 4.99 Å². The zero-order valence-corrected chi connectivity index (χ0v) is 17.7. The number of amidine groups is 1. The fourth-order valence-electron chi connectivity index (χ4n) is 3.66. The number of thioether (sulfide) groups is 1. The molecule has 1 saturated heterocycles. The Morgan fingerprint density at radius 1 is 1.17 bits per heavy atom. The molecule has 0 aliphatic carbocycles. The lowest BCUT2D eigenvalue weighted by Gasteiger charge is -2.28. The molecule has 2 atom stereocenters. The third-order valence-corrected chi connectivity index (χ3v) is 7.78. The van der Waals surface area contributed by atoms with Crippen molar-refractivity contribution >= 4 is 32.5 Å². The Morgan fingerprint density at radius 2 is 1.97 bits per heavy atom. The van der Waals surface area contributed by atoms with Crippen LogP contribution in [0.2, 0.25) is 0 Å². The average molecular weight is 437 g/mol. The Labute approximate surface area is 173 Å². The van der Waals surface area contributed by atoms with Crippen LogP contribution in [0.5, 0.6) is 11.5 Å². The van der Waals surface area contributed by atoms with Crippen LogP contribution in [0.25, 0.3) is 0 Å². The van der Waals surface area contributed by atoms with E-state index in [2.05, 4.69) is 4.99 Å². The summed E-state index contributed by atoms with van der Waals surface area (Å²) >= 11 is 1.39. The largest absolute Gasteiger partial charge is 0.497 e. The molecule has 0 radical (unpaired) electrons. The van der Waals surface area contributed by atoms with Crippen LogP contribution in [0.4, 0.5) is 10.1 Å². The lowest BCUT2D eigenvalue weighted by Crippen LogP contribution is -2.39. The molecule has 0 bridgehead atoms. The average Bonchev–Trinajstić information content (AvgIpc) is 3.17. The van der Waals surface area contributed by atoms with Gasteiger partial charge in [0.15, 0.2) is 15.0 Å². The highest BCUT2D eigenvalue weighted by molar-refractivity contribution is 8.13. The zero-order valence-electron chi connectivity index (χ0n) is 16.0. The van der Waals surface area contributed by atoms with Crippen LogP contribution in [0.1, 0.15) is 5.56 Å². The van der Waals surface area contributed by atoms with E-state index < -0.39 is 9.84 Å². The van der Waals surface area contributed by atoms with E-state index in [9.17, 15) is 12.8 Å². The third-order valence-electron chi connectivity index (χ3n) is 5.07. The molecule has 0 N–H and O–H groups in total. The molecule has 4 rings (SSSR count). The van der Waals surface area contributed by atoms with Gasteiger partial charge in [0.1, 0.15) is 17.3 Å². The summed E-state index contributed by atoms with van der Waals surface area (Å²) < 4.78 is 49.4. The van der Waals surface area contributed by atoms with Gasteiger partial charge < -0.3 is 14.4 Å². The quantitative estimate of drug-likeness (QED) is 0.718. The fourth-order valence-corrected chi connectivity index (χ4v) is 6.60. The minimum atomic E-state index is -3.17. The van der Waals surface area contributed by atoms with Crippen LogP contribution in [0.15, 0.2) is 47.5 Å². The normalized spacial score (nSPS) is 22.3. The number of aliphatic imine (C=N–C) groups is 1. The molecule has 0 unspecified atom stereocenters. The van der Waals surface area contributed by atoms with Crippen LogP contribution < -0.4 is 14.4 Å². The molecule has 0 aromatic heterocycles. The molecular weight excluding hydrogens is 415 g/mol. The van der Waals surface area contributed by atoms with Gasteiger partial charge in [-0.2, -0.15) is 0 Å². The Hall–Kier alpha value is -2.26. The summed E-state index contributed by atoms with van der Waals surface area (Å²) in [5, 5.41) is 0.657. The molecule has 2 aliphatic rings. The van der Waals surface area contributed by atoms with E-state index >= 15 is 0 Å². The summed E-state index contributed by atoms with van der Waals surface area (Å²) in [6, 6.07) is 11.3. The van der Waals surface area contributed by atoms with Gasteiger partial charge in [-0.1, -0.05) is 30.0 Å². The second-order valence-corrected chi connectivity index (χ2v) is 10.0. The summed E-state index contributed by atoms with van der Waals surface area (Å²) in [5.74, 6) is 1.38. The van der Waals surface area contributed by atoms with E-state index in [1.54, 1.807) is 44.6 Å². The van der Waals surface area contributed by atoms with Gasteiger partial charge in [-0.25, -0.2) is 12.8 Å². The Morgan fingerprint density at radius 3 is 2.69 bits per heavy atom. The fraction of sp³-hybridized carbons (Fsp3) is 0.350. The lowest BCUT2D eigenvalue weighted by molar-refractivity contribution is 0.403. The molecule has 2 aliphatic heterocycles. The number of sulfone groups is 1. The van der Waals surface area contributed by atoms with Crippen LogP contribution in [-0.4, -0.2) is 51.4 Å². The Balaban J connectivity index is 1.70. The summed E-state index contributed by atoms with van der Waals surface area (Å²) in [5.41, 5.74) is 1.26. The molecule has 9 heteroatoms. The summed E-state index contributed by atoms with van der Waals surface area (Å²) in [7, 11) is -0.0362. The number of hydrogen-bond acceptors (Lipinski definition) is 7. The van der Waals surface area contributed by atoms with E-state index in [4.69, 9.17) is 9.47 Å². The topological polar surface area (TPSA) is 68.2 Å². The maximum Gasteiger partial charge on any atom is 0.164 e. The molecular formula is C20H21FN2O4S2. The van der Waals surface area contributed by atoms with Crippen LogP contribution in [0.3, 0.4) is 0 Å². The molecule has 29 heavy (non-hydrogen) atoms. The van der Waals surface area contributed by atoms with E-state index in [-0.39, 0.29) is 29.4 Å². The Bertz CT molecular complexity index is 1060. The van der Waals surface area contributed by atoms with E-state index in [1.165, 1.54) is 17.8 Å². The molecule has 0 spiro atoms. The van der Waals surface area contributed by atoms with Gasteiger partial charge in [-0.3, -0.25) is 4.99 Å². The molecule has 1 fully saturated rings.